The number of methoxy groups -OCH3 is 1. The zero-order chi connectivity index (χ0) is 13.1. The van der Waals surface area contributed by atoms with Crippen LogP contribution in [-0.4, -0.2) is 56.5 Å². The van der Waals surface area contributed by atoms with Gasteiger partial charge in [-0.1, -0.05) is 29.7 Å². The third-order valence-electron chi connectivity index (χ3n) is 1.98. The number of nitrogens with two attached hydrogens (primary N) is 1. The first kappa shape index (κ1) is 32.0. The van der Waals surface area contributed by atoms with Crippen molar-refractivity contribution in [2.24, 2.45) is 5.73 Å². The number of aliphatic carboxylic acids is 1. The number of ether oxygens (including phenoxy) is 2. The molecule has 4 N–H and O–H groups in total. The second-order valence-electron chi connectivity index (χ2n) is 3.44. The summed E-state index contributed by atoms with van der Waals surface area (Å²) in [4.78, 5) is 21.6. The van der Waals surface area contributed by atoms with Crippen LogP contribution in [0.5, 0.6) is 0 Å². The van der Waals surface area contributed by atoms with Crippen LogP contribution in [0.15, 0.2) is 0 Å². The zero-order valence-electron chi connectivity index (χ0n) is 9.98. The number of nitrogens with one attached hydrogen (secondary N) is 1. The second kappa shape index (κ2) is 21.1. The van der Waals surface area contributed by atoms with Crippen molar-refractivity contribution in [2.75, 3.05) is 33.5 Å². The van der Waals surface area contributed by atoms with E-state index in [2.05, 4.69) is 5.32 Å². The molecule has 0 spiro atoms. The zero-order valence-corrected chi connectivity index (χ0v) is 9.98. The molecule has 0 aliphatic heterocycles. The predicted molar refractivity (Wildman–Crippen MR) is 87.5 cm³/mol. The van der Waals surface area contributed by atoms with Gasteiger partial charge in [0.1, 0.15) is 0 Å². The van der Waals surface area contributed by atoms with Gasteiger partial charge in [-0.3, -0.25) is 9.59 Å². The van der Waals surface area contributed by atoms with Gasteiger partial charge >= 0.3 is 5.97 Å². The van der Waals surface area contributed by atoms with E-state index in [1.54, 1.807) is 7.11 Å². The summed E-state index contributed by atoms with van der Waals surface area (Å²) in [5, 5.41) is 11.0. The summed E-state index contributed by atoms with van der Waals surface area (Å²) in [6.07, 6.45) is 0.0185. The number of amides is 1. The Labute approximate surface area is 130 Å². The molecule has 0 saturated heterocycles. The summed E-state index contributed by atoms with van der Waals surface area (Å²) in [7, 11) is 1.58. The van der Waals surface area contributed by atoms with Crippen molar-refractivity contribution < 1.29 is 24.2 Å². The molecule has 0 radical (unpaired) electrons. The molecule has 0 heterocycles. The molecule has 1 amide bonds. The highest BCUT2D eigenvalue weighted by Gasteiger charge is 2.13. The quantitative estimate of drug-likeness (QED) is 0.527. The van der Waals surface area contributed by atoms with E-state index in [-0.39, 0.29) is 48.5 Å². The first-order chi connectivity index (χ1) is 8.07. The Bertz CT molecular complexity index is 237. The Morgan fingerprint density at radius 1 is 1.14 bits per heavy atom. The second-order valence-corrected chi connectivity index (χ2v) is 3.44. The topological polar surface area (TPSA) is 111 Å². The SMILES string of the molecule is C.C.C.C.COCCOCCNC(=O)C(N)CCC(=O)O. The average Bonchev–Trinajstić information content (AvgIpc) is 2.30. The van der Waals surface area contributed by atoms with E-state index in [1.807, 2.05) is 0 Å². The Balaban J connectivity index is -0.000000213. The molecule has 0 aliphatic rings. The van der Waals surface area contributed by atoms with Crippen molar-refractivity contribution in [1.82, 2.24) is 5.32 Å². The minimum atomic E-state index is -0.962. The maximum absolute atomic E-state index is 11.3. The van der Waals surface area contributed by atoms with E-state index < -0.39 is 12.0 Å². The molecule has 0 aromatic heterocycles. The lowest BCUT2D eigenvalue weighted by Crippen LogP contribution is -2.42. The normalized spacial score (nSPS) is 9.81. The molecule has 1 atom stereocenters. The van der Waals surface area contributed by atoms with Crippen molar-refractivity contribution in [3.8, 4) is 0 Å². The van der Waals surface area contributed by atoms with Crippen LogP contribution in [0.4, 0.5) is 0 Å². The number of hydrogen-bond donors (Lipinski definition) is 3. The fourth-order valence-corrected chi connectivity index (χ4v) is 1.03. The molecule has 21 heavy (non-hydrogen) atoms. The van der Waals surface area contributed by atoms with Gasteiger partial charge in [0.2, 0.25) is 5.91 Å². The highest BCUT2D eigenvalue weighted by atomic mass is 16.5. The summed E-state index contributed by atoms with van der Waals surface area (Å²) in [6, 6.07) is -0.787. The molecule has 0 saturated carbocycles. The van der Waals surface area contributed by atoms with Gasteiger partial charge in [0, 0.05) is 20.1 Å². The van der Waals surface area contributed by atoms with Crippen LogP contribution in [0.25, 0.3) is 0 Å². The van der Waals surface area contributed by atoms with Crippen LogP contribution < -0.4 is 11.1 Å². The van der Waals surface area contributed by atoms with E-state index in [1.165, 1.54) is 0 Å². The van der Waals surface area contributed by atoms with Gasteiger partial charge in [-0.15, -0.1) is 0 Å². The van der Waals surface area contributed by atoms with Crippen molar-refractivity contribution in [1.29, 1.82) is 0 Å². The number of carboxylic acid groups (broad SMARTS) is 1. The van der Waals surface area contributed by atoms with Crippen molar-refractivity contribution in [3.05, 3.63) is 0 Å². The monoisotopic (exact) mass is 312 g/mol. The Kier molecular flexibility index (Phi) is 32.2. The van der Waals surface area contributed by atoms with E-state index in [9.17, 15) is 9.59 Å². The fourth-order valence-electron chi connectivity index (χ4n) is 1.03. The molecular formula is C14H36N2O5. The highest BCUT2D eigenvalue weighted by molar-refractivity contribution is 5.82. The van der Waals surface area contributed by atoms with E-state index in [0.29, 0.717) is 26.4 Å². The molecule has 0 aromatic rings. The third-order valence-corrected chi connectivity index (χ3v) is 1.98. The average molecular weight is 312 g/mol. The van der Waals surface area contributed by atoms with E-state index in [0.717, 1.165) is 0 Å². The van der Waals surface area contributed by atoms with Crippen molar-refractivity contribution in [2.45, 2.75) is 48.6 Å². The molecule has 132 valence electrons. The smallest absolute Gasteiger partial charge is 0.303 e. The van der Waals surface area contributed by atoms with Gasteiger partial charge in [-0.25, -0.2) is 0 Å². The molecule has 0 aromatic carbocycles. The Hall–Kier alpha value is -1.18. The highest BCUT2D eigenvalue weighted by Crippen LogP contribution is 1.94. The number of rotatable bonds is 10. The number of hydrogen-bond acceptors (Lipinski definition) is 5. The van der Waals surface area contributed by atoms with Crippen molar-refractivity contribution in [3.63, 3.8) is 0 Å². The Morgan fingerprint density at radius 3 is 2.19 bits per heavy atom. The maximum atomic E-state index is 11.3. The lowest BCUT2D eigenvalue weighted by Gasteiger charge is -2.11. The molecule has 0 bridgehead atoms. The molecule has 7 heteroatoms. The molecular weight excluding hydrogens is 276 g/mol. The van der Waals surface area contributed by atoms with Gasteiger partial charge < -0.3 is 25.6 Å². The van der Waals surface area contributed by atoms with Crippen LogP contribution in [-0.2, 0) is 19.1 Å². The third kappa shape index (κ3) is 21.3. The largest absolute Gasteiger partial charge is 0.481 e. The van der Waals surface area contributed by atoms with Gasteiger partial charge in [0.05, 0.1) is 25.9 Å². The van der Waals surface area contributed by atoms with Crippen LogP contribution in [0.2, 0.25) is 0 Å². The fraction of sp³-hybridized carbons (Fsp3) is 0.857. The van der Waals surface area contributed by atoms with E-state index in [4.69, 9.17) is 20.3 Å². The first-order valence-corrected chi connectivity index (χ1v) is 5.39. The summed E-state index contributed by atoms with van der Waals surface area (Å²) >= 11 is 0. The van der Waals surface area contributed by atoms with Gasteiger partial charge in [-0.05, 0) is 6.42 Å². The van der Waals surface area contributed by atoms with E-state index >= 15 is 0 Å². The first-order valence-electron chi connectivity index (χ1n) is 5.39. The summed E-state index contributed by atoms with van der Waals surface area (Å²) in [5.74, 6) is -1.32. The minimum absolute atomic E-state index is 0. The van der Waals surface area contributed by atoms with Gasteiger partial charge in [0.25, 0.3) is 0 Å². The molecule has 0 rings (SSSR count). The lowest BCUT2D eigenvalue weighted by molar-refractivity contribution is -0.137. The number of carbonyl (C=O) groups excluding carboxylic acids is 1. The standard InChI is InChI=1S/C10H20N2O5.4CH4/c1-16-6-7-17-5-4-12-10(15)8(11)2-3-9(13)14;;;;/h8H,2-7,11H2,1H3,(H,12,15)(H,13,14);4*1H4. The maximum Gasteiger partial charge on any atom is 0.303 e. The van der Waals surface area contributed by atoms with Crippen LogP contribution in [0, 0.1) is 0 Å². The summed E-state index contributed by atoms with van der Waals surface area (Å²) < 4.78 is 9.90. The minimum Gasteiger partial charge on any atom is -0.481 e. The number of carbonyl (C=O) groups is 2. The molecule has 0 fully saturated rings. The van der Waals surface area contributed by atoms with Gasteiger partial charge in [-0.2, -0.15) is 0 Å². The van der Waals surface area contributed by atoms with Crippen LogP contribution in [0.3, 0.4) is 0 Å². The lowest BCUT2D eigenvalue weighted by atomic mass is 10.1. The molecule has 0 aliphatic carbocycles. The predicted octanol–water partition coefficient (Wildman–Crippen LogP) is 1.50. The Morgan fingerprint density at radius 2 is 1.71 bits per heavy atom. The molecule has 7 nitrogen and oxygen atoms in total. The summed E-state index contributed by atoms with van der Waals surface area (Å²) in [6.45, 7) is 1.70. The molecule has 1 unspecified atom stereocenters. The van der Waals surface area contributed by atoms with Crippen molar-refractivity contribution >= 4 is 11.9 Å². The van der Waals surface area contributed by atoms with Gasteiger partial charge in [0.15, 0.2) is 0 Å². The summed E-state index contributed by atoms with van der Waals surface area (Å²) in [5.41, 5.74) is 5.49. The number of carboxylic acids is 1. The van der Waals surface area contributed by atoms with Crippen LogP contribution in [0.1, 0.15) is 42.5 Å². The van der Waals surface area contributed by atoms with Crippen LogP contribution >= 0.6 is 0 Å².